The predicted octanol–water partition coefficient (Wildman–Crippen LogP) is 4.11. The van der Waals surface area contributed by atoms with E-state index in [2.05, 4.69) is 15.2 Å². The summed E-state index contributed by atoms with van der Waals surface area (Å²) in [5.41, 5.74) is -1.97. The van der Waals surface area contributed by atoms with Crippen molar-refractivity contribution in [1.29, 1.82) is 0 Å². The number of hydrogen-bond donors (Lipinski definition) is 0. The quantitative estimate of drug-likeness (QED) is 0.634. The number of pyridine rings is 1. The number of rotatable bonds is 2. The Bertz CT molecular complexity index is 877. The molecule has 0 aliphatic heterocycles. The van der Waals surface area contributed by atoms with Crippen molar-refractivity contribution in [3.63, 3.8) is 0 Å². The number of nitrogens with zero attached hydrogens (tertiary/aromatic N) is 5. The van der Waals surface area contributed by atoms with Crippen LogP contribution in [0.4, 0.5) is 26.3 Å². The van der Waals surface area contributed by atoms with Crippen LogP contribution in [0.1, 0.15) is 22.8 Å². The molecule has 0 aliphatic carbocycles. The maximum atomic E-state index is 13.1. The highest BCUT2D eigenvalue weighted by atomic mass is 19.4. The van der Waals surface area contributed by atoms with E-state index in [-0.39, 0.29) is 23.0 Å². The first kappa shape index (κ1) is 18.0. The summed E-state index contributed by atoms with van der Waals surface area (Å²) in [5.74, 6) is -0.548. The van der Waals surface area contributed by atoms with Crippen LogP contribution in [-0.2, 0) is 12.4 Å². The van der Waals surface area contributed by atoms with Crippen LogP contribution < -0.4 is 0 Å². The van der Waals surface area contributed by atoms with Crippen LogP contribution in [0.25, 0.3) is 11.6 Å². The fourth-order valence-corrected chi connectivity index (χ4v) is 2.40. The van der Waals surface area contributed by atoms with Gasteiger partial charge in [0.25, 0.3) is 0 Å². The molecule has 0 atom stereocenters. The van der Waals surface area contributed by atoms with E-state index in [1.165, 1.54) is 32.0 Å². The van der Waals surface area contributed by atoms with Crippen LogP contribution in [-0.4, -0.2) is 24.5 Å². The Morgan fingerprint density at radius 1 is 0.731 bits per heavy atom. The predicted molar refractivity (Wildman–Crippen MR) is 78.0 cm³/mol. The van der Waals surface area contributed by atoms with E-state index in [0.717, 1.165) is 12.1 Å². The molecule has 3 aromatic rings. The van der Waals surface area contributed by atoms with Crippen LogP contribution in [0.2, 0.25) is 0 Å². The molecule has 26 heavy (non-hydrogen) atoms. The standard InChI is InChI=1S/C15H11F6N5/c1-8-6-10(14(16,17)18)25(23-8)12-4-3-5-13(22-12)26-11(15(19,20)21)7-9(2)24-26/h3-7H,1-2H3. The molecule has 0 aromatic carbocycles. The van der Waals surface area contributed by atoms with Crippen LogP contribution in [0.15, 0.2) is 30.3 Å². The number of halogens is 6. The first-order valence-corrected chi connectivity index (χ1v) is 7.22. The summed E-state index contributed by atoms with van der Waals surface area (Å²) in [5, 5.41) is 7.48. The molecule has 11 heteroatoms. The fourth-order valence-electron chi connectivity index (χ4n) is 2.40. The molecule has 5 nitrogen and oxygen atoms in total. The van der Waals surface area contributed by atoms with Crippen LogP contribution in [0.3, 0.4) is 0 Å². The molecule has 3 heterocycles. The SMILES string of the molecule is Cc1cc(C(F)(F)F)n(-c2cccc(-n3nc(C)cc3C(F)(F)F)n2)n1. The Balaban J connectivity index is 2.15. The minimum Gasteiger partial charge on any atom is -0.210 e. The van der Waals surface area contributed by atoms with Crippen molar-refractivity contribution in [3.8, 4) is 11.6 Å². The van der Waals surface area contributed by atoms with Gasteiger partial charge in [-0.25, -0.2) is 14.3 Å². The van der Waals surface area contributed by atoms with E-state index < -0.39 is 23.7 Å². The average molecular weight is 375 g/mol. The maximum Gasteiger partial charge on any atom is 0.433 e. The first-order valence-electron chi connectivity index (χ1n) is 7.22. The van der Waals surface area contributed by atoms with E-state index in [1.807, 2.05) is 0 Å². The third kappa shape index (κ3) is 3.28. The third-order valence-corrected chi connectivity index (χ3v) is 3.40. The number of hydrogen-bond acceptors (Lipinski definition) is 3. The highest BCUT2D eigenvalue weighted by Gasteiger charge is 2.37. The zero-order valence-corrected chi connectivity index (χ0v) is 13.4. The van der Waals surface area contributed by atoms with Crippen LogP contribution in [0.5, 0.6) is 0 Å². The van der Waals surface area contributed by atoms with Crippen molar-refractivity contribution < 1.29 is 26.3 Å². The van der Waals surface area contributed by atoms with Gasteiger partial charge >= 0.3 is 12.4 Å². The molecule has 0 spiro atoms. The fraction of sp³-hybridized carbons (Fsp3) is 0.267. The van der Waals surface area contributed by atoms with Gasteiger partial charge in [0.05, 0.1) is 11.4 Å². The van der Waals surface area contributed by atoms with Crippen molar-refractivity contribution in [1.82, 2.24) is 24.5 Å². The van der Waals surface area contributed by atoms with Crippen molar-refractivity contribution in [2.45, 2.75) is 26.2 Å². The van der Waals surface area contributed by atoms with Crippen molar-refractivity contribution >= 4 is 0 Å². The summed E-state index contributed by atoms with van der Waals surface area (Å²) in [4.78, 5) is 3.89. The molecule has 138 valence electrons. The zero-order valence-electron chi connectivity index (χ0n) is 13.4. The summed E-state index contributed by atoms with van der Waals surface area (Å²) in [6, 6.07) is 5.37. The lowest BCUT2D eigenvalue weighted by atomic mass is 10.3. The van der Waals surface area contributed by atoms with Gasteiger partial charge in [0.15, 0.2) is 11.6 Å². The highest BCUT2D eigenvalue weighted by Crippen LogP contribution is 2.33. The minimum atomic E-state index is -4.70. The van der Waals surface area contributed by atoms with Gasteiger partial charge in [-0.1, -0.05) is 6.07 Å². The maximum absolute atomic E-state index is 13.1. The van der Waals surface area contributed by atoms with E-state index >= 15 is 0 Å². The lowest BCUT2D eigenvalue weighted by Crippen LogP contribution is -2.17. The molecule has 0 radical (unpaired) electrons. The first-order chi connectivity index (χ1) is 12.0. The van der Waals surface area contributed by atoms with E-state index in [1.54, 1.807) is 0 Å². The summed E-state index contributed by atoms with van der Waals surface area (Å²) in [7, 11) is 0. The molecule has 0 fully saturated rings. The molecule has 3 aromatic heterocycles. The van der Waals surface area contributed by atoms with Gasteiger partial charge in [0.1, 0.15) is 11.4 Å². The van der Waals surface area contributed by atoms with Crippen LogP contribution in [0, 0.1) is 13.8 Å². The highest BCUT2D eigenvalue weighted by molar-refractivity contribution is 5.35. The molecule has 0 aliphatic rings. The second-order valence-corrected chi connectivity index (χ2v) is 5.52. The molecule has 3 rings (SSSR count). The molecule has 0 unspecified atom stereocenters. The zero-order chi connectivity index (χ0) is 19.3. The summed E-state index contributed by atoms with van der Waals surface area (Å²) in [6.07, 6.45) is -9.39. The minimum absolute atomic E-state index is 0.0930. The molecule has 0 saturated heterocycles. The second kappa shape index (κ2) is 5.85. The van der Waals surface area contributed by atoms with Crippen molar-refractivity contribution in [3.05, 3.63) is 53.1 Å². The van der Waals surface area contributed by atoms with Crippen LogP contribution >= 0.6 is 0 Å². The Morgan fingerprint density at radius 3 is 1.46 bits per heavy atom. The van der Waals surface area contributed by atoms with Gasteiger partial charge in [-0.3, -0.25) is 0 Å². The average Bonchev–Trinajstić information content (AvgIpc) is 3.10. The lowest BCUT2D eigenvalue weighted by molar-refractivity contribution is -0.143. The largest absolute Gasteiger partial charge is 0.433 e. The second-order valence-electron chi connectivity index (χ2n) is 5.52. The Morgan fingerprint density at radius 2 is 1.12 bits per heavy atom. The molecule has 0 N–H and O–H groups in total. The summed E-state index contributed by atoms with van der Waals surface area (Å²) >= 11 is 0. The van der Waals surface area contributed by atoms with Gasteiger partial charge < -0.3 is 0 Å². The van der Waals surface area contributed by atoms with Gasteiger partial charge in [-0.05, 0) is 38.1 Å². The van der Waals surface area contributed by atoms with Crippen molar-refractivity contribution in [2.75, 3.05) is 0 Å². The molecular weight excluding hydrogens is 364 g/mol. The van der Waals surface area contributed by atoms with E-state index in [9.17, 15) is 26.3 Å². The summed E-state index contributed by atoms with van der Waals surface area (Å²) < 4.78 is 79.9. The van der Waals surface area contributed by atoms with E-state index in [0.29, 0.717) is 9.36 Å². The van der Waals surface area contributed by atoms with Crippen molar-refractivity contribution in [2.24, 2.45) is 0 Å². The number of aromatic nitrogens is 5. The molecule has 0 amide bonds. The Kier molecular flexibility index (Phi) is 4.04. The Labute approximate surface area is 142 Å². The normalized spacial score (nSPS) is 12.6. The number of alkyl halides is 6. The monoisotopic (exact) mass is 375 g/mol. The number of aryl methyl sites for hydroxylation is 2. The Hall–Kier alpha value is -2.85. The topological polar surface area (TPSA) is 48.5 Å². The summed E-state index contributed by atoms with van der Waals surface area (Å²) in [6.45, 7) is 2.74. The molecular formula is C15H11F6N5. The van der Waals surface area contributed by atoms with E-state index in [4.69, 9.17) is 0 Å². The third-order valence-electron chi connectivity index (χ3n) is 3.40. The van der Waals surface area contributed by atoms with Gasteiger partial charge in [-0.2, -0.15) is 36.5 Å². The molecule has 0 bridgehead atoms. The van der Waals surface area contributed by atoms with Gasteiger partial charge in [0.2, 0.25) is 0 Å². The molecule has 0 saturated carbocycles. The lowest BCUT2D eigenvalue weighted by Gasteiger charge is -2.12. The van der Waals surface area contributed by atoms with Gasteiger partial charge in [-0.15, -0.1) is 0 Å². The van der Waals surface area contributed by atoms with Gasteiger partial charge in [0, 0.05) is 0 Å². The smallest absolute Gasteiger partial charge is 0.210 e.